The number of hydrogen-bond donors (Lipinski definition) is 0. The standard InChI is InChI=1S/C41H27N2O2P.C29H17BrN2O.C12H10OP/c44-46(31-13-6-2-7-14-31,32-15-8-3-9-16-32)33-20-23-40-35(27-33)34-25-29(19-22-39(34)45-40)28-18-21-37-36(26-28)41-38(17-10-24-42-41)43(37)30-11-4-1-5-12-30;30-20-10-13-28-23(17-20)22-15-19(9-12-27(22)33-28)18-8-11-25-24(16-18)29-26(7-4-14-31-29)32(25)21-5-2-1-3-6-21;13-14(11-7-3-1-4-8-11)12-9-5-2-6-10-12/h1-27H;1-17H;1-10H/q;;+1. The third-order valence-corrected chi connectivity index (χ3v) is 22.3. The zero-order valence-corrected chi connectivity index (χ0v) is 53.2. The van der Waals surface area contributed by atoms with Gasteiger partial charge in [0.15, 0.2) is 17.8 Å². The Morgan fingerprint density at radius 3 is 1.12 bits per heavy atom. The van der Waals surface area contributed by atoms with Crippen molar-refractivity contribution < 1.29 is 18.0 Å². The van der Waals surface area contributed by atoms with Crippen molar-refractivity contribution in [2.75, 3.05) is 0 Å². The molecule has 0 fully saturated rings. The number of rotatable bonds is 9. The Hall–Kier alpha value is -11.1. The van der Waals surface area contributed by atoms with E-state index < -0.39 is 14.9 Å². The van der Waals surface area contributed by atoms with Gasteiger partial charge in [0.05, 0.1) is 33.1 Å². The number of fused-ring (bicyclic) bond motifs is 12. The summed E-state index contributed by atoms with van der Waals surface area (Å²) in [5.41, 5.74) is 16.5. The molecule has 12 aromatic carbocycles. The molecule has 8 nitrogen and oxygen atoms in total. The van der Waals surface area contributed by atoms with Gasteiger partial charge in [0.1, 0.15) is 22.3 Å². The van der Waals surface area contributed by atoms with Gasteiger partial charge < -0.3 is 22.5 Å². The SMILES string of the molecule is Brc1ccc2oc3ccc(-c4ccc5c(c4)c4ncccc4n5-c4ccccc4)cc3c2c1.O=P(c1ccccc1)(c1ccccc1)c1ccc2oc3ccc(-c4ccc5c(c4)c4ncccc4n5-c4ccccc4)cc3c2c1.O=[P+](c1ccccc1)c1ccccc1. The molecule has 18 aromatic rings. The Morgan fingerprint density at radius 1 is 0.323 bits per heavy atom. The fourth-order valence-electron chi connectivity index (χ4n) is 12.8. The molecule has 0 aliphatic rings. The van der Waals surface area contributed by atoms with E-state index in [0.717, 1.165) is 152 Å². The lowest BCUT2D eigenvalue weighted by Crippen LogP contribution is -2.24. The Labute approximate surface area is 544 Å². The molecule has 0 bridgehead atoms. The van der Waals surface area contributed by atoms with Crippen LogP contribution in [-0.2, 0) is 9.13 Å². The molecule has 0 saturated carbocycles. The third-order valence-electron chi connectivity index (χ3n) is 17.2. The maximum atomic E-state index is 15.1. The van der Waals surface area contributed by atoms with Crippen molar-refractivity contribution in [2.45, 2.75) is 0 Å². The van der Waals surface area contributed by atoms with E-state index in [2.05, 4.69) is 165 Å². The van der Waals surface area contributed by atoms with Crippen molar-refractivity contribution >= 4 is 145 Å². The summed E-state index contributed by atoms with van der Waals surface area (Å²) in [6, 6.07) is 106. The molecule has 0 saturated heterocycles. The Bertz CT molecular complexity index is 5790. The third kappa shape index (κ3) is 10.5. The zero-order valence-electron chi connectivity index (χ0n) is 49.9. The second-order valence-electron chi connectivity index (χ2n) is 22.7. The van der Waals surface area contributed by atoms with Crippen LogP contribution in [0, 0.1) is 0 Å². The van der Waals surface area contributed by atoms with Gasteiger partial charge in [-0.3, -0.25) is 9.97 Å². The first-order valence-electron chi connectivity index (χ1n) is 30.6. The van der Waals surface area contributed by atoms with Crippen LogP contribution < -0.4 is 26.5 Å². The van der Waals surface area contributed by atoms with Crippen LogP contribution >= 0.6 is 30.9 Å². The van der Waals surface area contributed by atoms with E-state index in [4.69, 9.17) is 18.8 Å². The van der Waals surface area contributed by atoms with Gasteiger partial charge in [0.2, 0.25) is 0 Å². The second kappa shape index (κ2) is 24.3. The molecule has 0 spiro atoms. The molecule has 11 heteroatoms. The number of hydrogen-bond acceptors (Lipinski definition) is 6. The molecule has 0 radical (unpaired) electrons. The van der Waals surface area contributed by atoms with Crippen molar-refractivity contribution in [2.24, 2.45) is 0 Å². The molecular formula is C82H54BrN4O4P2+. The monoisotopic (exact) mass is 1300 g/mol. The smallest absolute Gasteiger partial charge is 0.415 e. The highest BCUT2D eigenvalue weighted by Gasteiger charge is 2.31. The number of aromatic nitrogens is 4. The minimum absolute atomic E-state index is 0.772. The summed E-state index contributed by atoms with van der Waals surface area (Å²) in [6.07, 6.45) is 3.72. The van der Waals surface area contributed by atoms with Gasteiger partial charge in [0.25, 0.3) is 0 Å². The lowest BCUT2D eigenvalue weighted by atomic mass is 10.0. The first-order valence-corrected chi connectivity index (χ1v) is 34.4. The normalized spacial score (nSPS) is 11.6. The topological polar surface area (TPSA) is 96.1 Å². The summed E-state index contributed by atoms with van der Waals surface area (Å²) in [5.74, 6) is 0. The zero-order chi connectivity index (χ0) is 62.4. The molecule has 0 N–H and O–H groups in total. The highest BCUT2D eigenvalue weighted by Crippen LogP contribution is 2.45. The number of pyridine rings is 2. The van der Waals surface area contributed by atoms with Gasteiger partial charge in [-0.25, -0.2) is 0 Å². The summed E-state index contributed by atoms with van der Waals surface area (Å²) in [6.45, 7) is 0. The van der Waals surface area contributed by atoms with Gasteiger partial charge in [-0.05, 0) is 180 Å². The van der Waals surface area contributed by atoms with Crippen LogP contribution in [0.2, 0.25) is 0 Å². The van der Waals surface area contributed by atoms with E-state index in [-0.39, 0.29) is 0 Å². The van der Waals surface area contributed by atoms with Gasteiger partial charge in [-0.1, -0.05) is 178 Å². The van der Waals surface area contributed by atoms with Crippen LogP contribution in [0.4, 0.5) is 0 Å². The first kappa shape index (κ1) is 57.1. The highest BCUT2D eigenvalue weighted by atomic mass is 79.9. The number of halogens is 1. The minimum Gasteiger partial charge on any atom is -0.456 e. The van der Waals surface area contributed by atoms with Gasteiger partial charge in [-0.15, -0.1) is 0 Å². The Kier molecular flexibility index (Phi) is 14.9. The van der Waals surface area contributed by atoms with Crippen LogP contribution in [0.1, 0.15) is 0 Å². The fourth-order valence-corrected chi connectivity index (χ4v) is 17.0. The van der Waals surface area contributed by atoms with E-state index in [9.17, 15) is 4.57 Å². The quantitative estimate of drug-likeness (QED) is 0.134. The lowest BCUT2D eigenvalue weighted by Gasteiger charge is -2.20. The minimum atomic E-state index is -3.13. The lowest BCUT2D eigenvalue weighted by molar-refractivity contribution is 0.592. The number of benzene rings is 12. The Balaban J connectivity index is 0.000000126. The fraction of sp³-hybridized carbons (Fsp3) is 0. The molecule has 0 aliphatic carbocycles. The molecular weight excluding hydrogens is 1250 g/mol. The van der Waals surface area contributed by atoms with E-state index in [0.29, 0.717) is 0 Å². The Morgan fingerprint density at radius 2 is 0.677 bits per heavy atom. The van der Waals surface area contributed by atoms with Crippen molar-refractivity contribution in [1.29, 1.82) is 0 Å². The number of para-hydroxylation sites is 2. The molecule has 18 rings (SSSR count). The maximum absolute atomic E-state index is 15.1. The molecule has 442 valence electrons. The maximum Gasteiger partial charge on any atom is 0.415 e. The van der Waals surface area contributed by atoms with Crippen LogP contribution in [0.3, 0.4) is 0 Å². The van der Waals surface area contributed by atoms with Crippen LogP contribution in [0.25, 0.3) is 121 Å². The van der Waals surface area contributed by atoms with Crippen molar-refractivity contribution in [3.63, 3.8) is 0 Å². The first-order chi connectivity index (χ1) is 45.8. The number of furan rings is 2. The average Bonchev–Trinajstić information content (AvgIpc) is 1.67. The van der Waals surface area contributed by atoms with Crippen molar-refractivity contribution in [1.82, 2.24) is 19.1 Å². The van der Waals surface area contributed by atoms with Gasteiger partial charge in [0, 0.05) is 76.5 Å². The van der Waals surface area contributed by atoms with Gasteiger partial charge >= 0.3 is 7.80 Å². The van der Waals surface area contributed by atoms with Crippen molar-refractivity contribution in [3.05, 3.63) is 332 Å². The predicted molar refractivity (Wildman–Crippen MR) is 389 cm³/mol. The summed E-state index contributed by atoms with van der Waals surface area (Å²) in [5, 5.41) is 10.6. The average molecular weight is 1300 g/mol. The van der Waals surface area contributed by atoms with Crippen LogP contribution in [0.15, 0.2) is 341 Å². The highest BCUT2D eigenvalue weighted by molar-refractivity contribution is 9.10. The number of nitrogens with zero attached hydrogens (tertiary/aromatic N) is 4. The summed E-state index contributed by atoms with van der Waals surface area (Å²) >= 11 is 3.59. The largest absolute Gasteiger partial charge is 0.456 e. The predicted octanol–water partition coefficient (Wildman–Crippen LogP) is 20.4. The van der Waals surface area contributed by atoms with Crippen LogP contribution in [0.5, 0.6) is 0 Å². The molecule has 6 aromatic heterocycles. The molecule has 0 aliphatic heterocycles. The molecule has 0 amide bonds. The van der Waals surface area contributed by atoms with E-state index in [1.54, 1.807) is 0 Å². The van der Waals surface area contributed by atoms with Crippen LogP contribution in [-0.4, -0.2) is 19.1 Å². The van der Waals surface area contributed by atoms with E-state index in [1.165, 1.54) is 0 Å². The second-order valence-corrected chi connectivity index (χ2v) is 28.0. The molecule has 93 heavy (non-hydrogen) atoms. The van der Waals surface area contributed by atoms with Gasteiger partial charge in [-0.2, -0.15) is 0 Å². The van der Waals surface area contributed by atoms with E-state index in [1.807, 2.05) is 188 Å². The summed E-state index contributed by atoms with van der Waals surface area (Å²) < 4.78 is 45.0. The molecule has 0 unspecified atom stereocenters. The van der Waals surface area contributed by atoms with E-state index >= 15 is 4.57 Å². The molecule has 6 heterocycles. The molecule has 0 atom stereocenters. The van der Waals surface area contributed by atoms with Crippen molar-refractivity contribution in [3.8, 4) is 33.6 Å². The summed E-state index contributed by atoms with van der Waals surface area (Å²) in [4.78, 5) is 9.53. The summed E-state index contributed by atoms with van der Waals surface area (Å²) in [7, 11) is -4.55.